The summed E-state index contributed by atoms with van der Waals surface area (Å²) >= 11 is 0. The Hall–Kier alpha value is -2.37. The first-order valence-electron chi connectivity index (χ1n) is 6.07. The molecule has 1 aliphatic rings. The molecule has 1 aromatic rings. The monoisotopic (exact) mass is 261 g/mol. The minimum absolute atomic E-state index is 0.0443. The van der Waals surface area contributed by atoms with E-state index in [2.05, 4.69) is 10.6 Å². The van der Waals surface area contributed by atoms with Crippen LogP contribution >= 0.6 is 0 Å². The normalized spacial score (nSPS) is 14.5. The summed E-state index contributed by atoms with van der Waals surface area (Å²) in [4.78, 5) is 35.2. The molecule has 6 heteroatoms. The van der Waals surface area contributed by atoms with Crippen LogP contribution in [-0.2, 0) is 16.0 Å². The number of hydrogen-bond acceptors (Lipinski definition) is 3. The molecule has 1 saturated heterocycles. The maximum Gasteiger partial charge on any atom is 0.325 e. The van der Waals surface area contributed by atoms with Crippen molar-refractivity contribution in [3.05, 3.63) is 29.8 Å². The third kappa shape index (κ3) is 3.09. The predicted molar refractivity (Wildman–Crippen MR) is 69.6 cm³/mol. The van der Waals surface area contributed by atoms with Crippen molar-refractivity contribution >= 4 is 23.5 Å². The first-order valence-corrected chi connectivity index (χ1v) is 6.07. The number of anilines is 1. The van der Waals surface area contributed by atoms with E-state index < -0.39 is 11.9 Å². The number of rotatable bonds is 4. The Morgan fingerprint density at radius 3 is 2.53 bits per heavy atom. The summed E-state index contributed by atoms with van der Waals surface area (Å²) in [5.41, 5.74) is 1.82. The Labute approximate surface area is 110 Å². The van der Waals surface area contributed by atoms with Gasteiger partial charge in [0, 0.05) is 5.69 Å². The molecule has 19 heavy (non-hydrogen) atoms. The minimum Gasteiger partial charge on any atom is -0.329 e. The largest absolute Gasteiger partial charge is 0.329 e. The van der Waals surface area contributed by atoms with Gasteiger partial charge in [-0.15, -0.1) is 0 Å². The van der Waals surface area contributed by atoms with Gasteiger partial charge in [-0.25, -0.2) is 4.79 Å². The van der Waals surface area contributed by atoms with Gasteiger partial charge in [-0.3, -0.25) is 14.5 Å². The van der Waals surface area contributed by atoms with Crippen molar-refractivity contribution in [2.24, 2.45) is 0 Å². The summed E-state index contributed by atoms with van der Waals surface area (Å²) in [5.74, 6) is -0.781. The minimum atomic E-state index is -0.526. The number of amides is 4. The molecular weight excluding hydrogens is 246 g/mol. The Morgan fingerprint density at radius 2 is 2.00 bits per heavy atom. The molecule has 2 rings (SSSR count). The first kappa shape index (κ1) is 13.1. The quantitative estimate of drug-likeness (QED) is 0.785. The topological polar surface area (TPSA) is 78.5 Å². The van der Waals surface area contributed by atoms with E-state index in [9.17, 15) is 14.4 Å². The lowest BCUT2D eigenvalue weighted by Crippen LogP contribution is -2.38. The number of nitrogens with zero attached hydrogens (tertiary/aromatic N) is 1. The third-order valence-corrected chi connectivity index (χ3v) is 2.88. The van der Waals surface area contributed by atoms with Gasteiger partial charge in [0.2, 0.25) is 5.91 Å². The van der Waals surface area contributed by atoms with E-state index in [-0.39, 0.29) is 19.0 Å². The van der Waals surface area contributed by atoms with E-state index in [0.29, 0.717) is 5.69 Å². The van der Waals surface area contributed by atoms with Crippen molar-refractivity contribution in [1.82, 2.24) is 10.2 Å². The van der Waals surface area contributed by atoms with Gasteiger partial charge >= 0.3 is 6.03 Å². The van der Waals surface area contributed by atoms with Crippen molar-refractivity contribution in [2.75, 3.05) is 18.4 Å². The molecule has 0 spiro atoms. The van der Waals surface area contributed by atoms with Gasteiger partial charge in [-0.05, 0) is 24.1 Å². The lowest BCUT2D eigenvalue weighted by molar-refractivity contribution is -0.128. The highest BCUT2D eigenvalue weighted by Gasteiger charge is 2.29. The van der Waals surface area contributed by atoms with Gasteiger partial charge < -0.3 is 10.6 Å². The number of carbonyl (C=O) groups excluding carboxylic acids is 3. The van der Waals surface area contributed by atoms with Crippen molar-refractivity contribution in [1.29, 1.82) is 0 Å². The SMILES string of the molecule is CCc1ccc(NC(=O)CN2C(=O)CNC2=O)cc1. The summed E-state index contributed by atoms with van der Waals surface area (Å²) in [6.07, 6.45) is 0.927. The van der Waals surface area contributed by atoms with E-state index >= 15 is 0 Å². The Morgan fingerprint density at radius 1 is 1.32 bits per heavy atom. The summed E-state index contributed by atoms with van der Waals surface area (Å²) in [5, 5.41) is 5.01. The average Bonchev–Trinajstić information content (AvgIpc) is 2.71. The standard InChI is InChI=1S/C13H15N3O3/c1-2-9-3-5-10(6-4-9)15-11(17)8-16-12(18)7-14-13(16)19/h3-6H,2,7-8H2,1H3,(H,14,19)(H,15,17). The number of urea groups is 1. The van der Waals surface area contributed by atoms with Gasteiger partial charge in [0.1, 0.15) is 6.54 Å². The highest BCUT2D eigenvalue weighted by molar-refractivity contribution is 6.06. The highest BCUT2D eigenvalue weighted by Crippen LogP contribution is 2.10. The van der Waals surface area contributed by atoms with Crippen LogP contribution in [0, 0.1) is 0 Å². The highest BCUT2D eigenvalue weighted by atomic mass is 16.2. The maximum absolute atomic E-state index is 11.7. The van der Waals surface area contributed by atoms with Crippen molar-refractivity contribution in [3.8, 4) is 0 Å². The fourth-order valence-corrected chi connectivity index (χ4v) is 1.78. The maximum atomic E-state index is 11.7. The molecule has 1 heterocycles. The Kier molecular flexibility index (Phi) is 3.79. The molecule has 2 N–H and O–H groups in total. The Balaban J connectivity index is 1.93. The van der Waals surface area contributed by atoms with Crippen LogP contribution in [0.4, 0.5) is 10.5 Å². The zero-order valence-electron chi connectivity index (χ0n) is 10.6. The zero-order valence-corrected chi connectivity index (χ0v) is 10.6. The van der Waals surface area contributed by atoms with E-state index in [1.165, 1.54) is 5.56 Å². The van der Waals surface area contributed by atoms with Crippen LogP contribution in [0.15, 0.2) is 24.3 Å². The van der Waals surface area contributed by atoms with Crippen molar-refractivity contribution in [2.45, 2.75) is 13.3 Å². The van der Waals surface area contributed by atoms with E-state index in [1.807, 2.05) is 19.1 Å². The molecule has 0 bridgehead atoms. The van der Waals surface area contributed by atoms with Crippen LogP contribution < -0.4 is 10.6 Å². The second kappa shape index (κ2) is 5.51. The van der Waals surface area contributed by atoms with Crippen LogP contribution in [0.3, 0.4) is 0 Å². The molecule has 1 aliphatic heterocycles. The molecule has 0 radical (unpaired) electrons. The van der Waals surface area contributed by atoms with Gasteiger partial charge in [-0.2, -0.15) is 0 Å². The number of benzene rings is 1. The second-order valence-electron chi connectivity index (χ2n) is 4.24. The summed E-state index contributed by atoms with van der Waals surface area (Å²) in [6, 6.07) is 6.90. The third-order valence-electron chi connectivity index (χ3n) is 2.88. The fourth-order valence-electron chi connectivity index (χ4n) is 1.78. The lowest BCUT2D eigenvalue weighted by Gasteiger charge is -2.12. The van der Waals surface area contributed by atoms with E-state index in [1.54, 1.807) is 12.1 Å². The molecule has 4 amide bonds. The summed E-state index contributed by atoms with van der Waals surface area (Å²) in [6.45, 7) is 1.74. The lowest BCUT2D eigenvalue weighted by atomic mass is 10.1. The molecule has 0 saturated carbocycles. The second-order valence-corrected chi connectivity index (χ2v) is 4.24. The fraction of sp³-hybridized carbons (Fsp3) is 0.308. The van der Waals surface area contributed by atoms with Crippen LogP contribution in [-0.4, -0.2) is 35.8 Å². The average molecular weight is 261 g/mol. The van der Waals surface area contributed by atoms with Gasteiger partial charge in [-0.1, -0.05) is 19.1 Å². The summed E-state index contributed by atoms with van der Waals surface area (Å²) in [7, 11) is 0. The zero-order chi connectivity index (χ0) is 13.8. The van der Waals surface area contributed by atoms with Gasteiger partial charge in [0.15, 0.2) is 0 Å². The Bertz CT molecular complexity index is 494. The first-order chi connectivity index (χ1) is 9.10. The van der Waals surface area contributed by atoms with E-state index in [0.717, 1.165) is 11.3 Å². The van der Waals surface area contributed by atoms with Crippen LogP contribution in [0.1, 0.15) is 12.5 Å². The predicted octanol–water partition coefficient (Wildman–Crippen LogP) is 0.739. The van der Waals surface area contributed by atoms with Crippen LogP contribution in [0.2, 0.25) is 0 Å². The molecule has 6 nitrogen and oxygen atoms in total. The van der Waals surface area contributed by atoms with Crippen LogP contribution in [0.25, 0.3) is 0 Å². The number of aryl methyl sites for hydroxylation is 1. The number of nitrogens with one attached hydrogen (secondary N) is 2. The number of hydrogen-bond donors (Lipinski definition) is 2. The molecule has 0 atom stereocenters. The number of imide groups is 1. The molecule has 1 fully saturated rings. The smallest absolute Gasteiger partial charge is 0.325 e. The molecule has 100 valence electrons. The molecule has 0 unspecified atom stereocenters. The molecule has 0 aliphatic carbocycles. The molecule has 0 aromatic heterocycles. The van der Waals surface area contributed by atoms with Crippen molar-refractivity contribution < 1.29 is 14.4 Å². The molecular formula is C13H15N3O3. The van der Waals surface area contributed by atoms with Gasteiger partial charge in [0.05, 0.1) is 6.54 Å². The van der Waals surface area contributed by atoms with Crippen molar-refractivity contribution in [3.63, 3.8) is 0 Å². The number of carbonyl (C=O) groups is 3. The molecule has 1 aromatic carbocycles. The van der Waals surface area contributed by atoms with Crippen LogP contribution in [0.5, 0.6) is 0 Å². The van der Waals surface area contributed by atoms with Gasteiger partial charge in [0.25, 0.3) is 5.91 Å². The van der Waals surface area contributed by atoms with E-state index in [4.69, 9.17) is 0 Å². The summed E-state index contributed by atoms with van der Waals surface area (Å²) < 4.78 is 0.